The Balaban J connectivity index is 1.56. The van der Waals surface area contributed by atoms with Crippen LogP contribution in [0, 0.1) is 13.8 Å². The fourth-order valence-corrected chi connectivity index (χ4v) is 3.95. The van der Waals surface area contributed by atoms with Crippen LogP contribution in [-0.2, 0) is 9.59 Å². The number of rotatable bonds is 6. The molecule has 4 rings (SSSR count). The summed E-state index contributed by atoms with van der Waals surface area (Å²) in [7, 11) is 1.49. The van der Waals surface area contributed by atoms with Crippen LogP contribution in [0.15, 0.2) is 71.4 Å². The van der Waals surface area contributed by atoms with Gasteiger partial charge in [-0.2, -0.15) is 0 Å². The summed E-state index contributed by atoms with van der Waals surface area (Å²) >= 11 is 12.3. The molecule has 35 heavy (non-hydrogen) atoms. The number of nitrogens with zero attached hydrogens (tertiary/aromatic N) is 1. The molecule has 0 atom stereocenters. The highest BCUT2D eigenvalue weighted by Gasteiger charge is 2.39. The molecule has 9 heteroatoms. The molecule has 1 aliphatic heterocycles. The molecule has 3 amide bonds. The van der Waals surface area contributed by atoms with Crippen LogP contribution in [0.5, 0.6) is 5.75 Å². The lowest BCUT2D eigenvalue weighted by Gasteiger charge is -2.16. The smallest absolute Gasteiger partial charge is 0.283 e. The van der Waals surface area contributed by atoms with Gasteiger partial charge in [-0.1, -0.05) is 35.3 Å². The summed E-state index contributed by atoms with van der Waals surface area (Å²) in [5.41, 5.74) is 3.47. The van der Waals surface area contributed by atoms with Gasteiger partial charge >= 0.3 is 0 Å². The number of anilines is 3. The number of amides is 3. The third-order valence-electron chi connectivity index (χ3n) is 5.58. The molecule has 0 spiro atoms. The number of benzene rings is 3. The molecule has 0 aliphatic carbocycles. The molecule has 0 aromatic heterocycles. The summed E-state index contributed by atoms with van der Waals surface area (Å²) in [5, 5.41) is 5.87. The van der Waals surface area contributed by atoms with Gasteiger partial charge in [0, 0.05) is 16.3 Å². The molecule has 0 bridgehead atoms. The first kappa shape index (κ1) is 24.3. The number of ether oxygens (including phenoxy) is 1. The summed E-state index contributed by atoms with van der Waals surface area (Å²) in [6, 6.07) is 16.6. The van der Waals surface area contributed by atoms with Gasteiger partial charge in [0.2, 0.25) is 0 Å². The van der Waals surface area contributed by atoms with Crippen LogP contribution < -0.4 is 20.3 Å². The highest BCUT2D eigenvalue weighted by atomic mass is 35.5. The number of carbonyl (C=O) groups excluding carboxylic acids is 3. The lowest BCUT2D eigenvalue weighted by Crippen LogP contribution is -2.32. The van der Waals surface area contributed by atoms with Crippen LogP contribution in [0.1, 0.15) is 21.5 Å². The molecule has 2 N–H and O–H groups in total. The van der Waals surface area contributed by atoms with Crippen LogP contribution in [-0.4, -0.2) is 24.8 Å². The summed E-state index contributed by atoms with van der Waals surface area (Å²) in [6.07, 6.45) is 0. The van der Waals surface area contributed by atoms with Crippen molar-refractivity contribution in [1.29, 1.82) is 0 Å². The molecule has 7 nitrogen and oxygen atoms in total. The Morgan fingerprint density at radius 3 is 2.40 bits per heavy atom. The fourth-order valence-electron chi connectivity index (χ4n) is 3.57. The molecule has 1 aliphatic rings. The summed E-state index contributed by atoms with van der Waals surface area (Å²) in [4.78, 5) is 39.7. The highest BCUT2D eigenvalue weighted by molar-refractivity contribution is 6.53. The third kappa shape index (κ3) is 4.87. The number of hydrogen-bond acceptors (Lipinski definition) is 5. The highest BCUT2D eigenvalue weighted by Crippen LogP contribution is 2.32. The van der Waals surface area contributed by atoms with Gasteiger partial charge in [0.1, 0.15) is 16.5 Å². The maximum Gasteiger partial charge on any atom is 0.283 e. The van der Waals surface area contributed by atoms with Gasteiger partial charge in [0.15, 0.2) is 0 Å². The standard InChI is InChI=1S/C26H21Cl2N3O4/c1-14-7-9-19(11-15(14)2)31-25(33)22(28)23(26(31)34)29-18-6-4-5-16(12-18)24(32)30-20-13-17(27)8-10-21(20)35-3/h4-13,29H,1-3H3,(H,30,32). The first-order valence-corrected chi connectivity index (χ1v) is 11.3. The molecule has 0 saturated carbocycles. The van der Waals surface area contributed by atoms with Crippen molar-refractivity contribution in [2.75, 3.05) is 22.6 Å². The topological polar surface area (TPSA) is 87.7 Å². The minimum Gasteiger partial charge on any atom is -0.495 e. The van der Waals surface area contributed by atoms with Crippen molar-refractivity contribution >= 4 is 58.0 Å². The number of halogens is 2. The molecule has 3 aromatic carbocycles. The molecule has 0 radical (unpaired) electrons. The number of methoxy groups -OCH3 is 1. The Morgan fingerprint density at radius 2 is 1.69 bits per heavy atom. The van der Waals surface area contributed by atoms with E-state index < -0.39 is 17.7 Å². The first-order chi connectivity index (χ1) is 16.7. The number of aryl methyl sites for hydroxylation is 2. The molecule has 0 saturated heterocycles. The van der Waals surface area contributed by atoms with Crippen molar-refractivity contribution in [2.24, 2.45) is 0 Å². The number of imide groups is 1. The predicted molar refractivity (Wildman–Crippen MR) is 137 cm³/mol. The minimum atomic E-state index is -0.621. The molecular weight excluding hydrogens is 489 g/mol. The normalized spacial score (nSPS) is 13.3. The molecule has 1 heterocycles. The third-order valence-corrected chi connectivity index (χ3v) is 6.17. The second kappa shape index (κ2) is 9.82. The van der Waals surface area contributed by atoms with E-state index in [2.05, 4.69) is 10.6 Å². The Bertz CT molecular complexity index is 1400. The van der Waals surface area contributed by atoms with Gasteiger partial charge in [-0.05, 0) is 73.5 Å². The van der Waals surface area contributed by atoms with Crippen molar-refractivity contribution in [3.05, 3.63) is 93.1 Å². The van der Waals surface area contributed by atoms with Crippen LogP contribution in [0.2, 0.25) is 5.02 Å². The number of carbonyl (C=O) groups is 3. The van der Waals surface area contributed by atoms with E-state index in [1.165, 1.54) is 7.11 Å². The van der Waals surface area contributed by atoms with Gasteiger partial charge < -0.3 is 15.4 Å². The summed E-state index contributed by atoms with van der Waals surface area (Å²) in [5.74, 6) is -1.17. The maximum absolute atomic E-state index is 13.1. The SMILES string of the molecule is COc1ccc(Cl)cc1NC(=O)c1cccc(NC2=C(Cl)C(=O)N(c3ccc(C)c(C)c3)C2=O)c1. The Hall–Kier alpha value is -3.81. The monoisotopic (exact) mass is 509 g/mol. The summed E-state index contributed by atoms with van der Waals surface area (Å²) < 4.78 is 5.26. The van der Waals surface area contributed by atoms with Crippen molar-refractivity contribution in [3.8, 4) is 5.75 Å². The first-order valence-electron chi connectivity index (χ1n) is 10.6. The van der Waals surface area contributed by atoms with Crippen LogP contribution >= 0.6 is 23.2 Å². The van der Waals surface area contributed by atoms with Crippen molar-refractivity contribution in [1.82, 2.24) is 0 Å². The van der Waals surface area contributed by atoms with E-state index in [4.69, 9.17) is 27.9 Å². The van der Waals surface area contributed by atoms with Gasteiger partial charge in [-0.15, -0.1) is 0 Å². The van der Waals surface area contributed by atoms with Gasteiger partial charge in [0.25, 0.3) is 17.7 Å². The fraction of sp³-hybridized carbons (Fsp3) is 0.115. The van der Waals surface area contributed by atoms with Crippen molar-refractivity contribution in [3.63, 3.8) is 0 Å². The average molecular weight is 510 g/mol. The number of hydrogen-bond donors (Lipinski definition) is 2. The second-order valence-corrected chi connectivity index (χ2v) is 8.72. The Morgan fingerprint density at radius 1 is 0.914 bits per heavy atom. The summed E-state index contributed by atoms with van der Waals surface area (Å²) in [6.45, 7) is 3.84. The van der Waals surface area contributed by atoms with Crippen LogP contribution in [0.4, 0.5) is 17.1 Å². The predicted octanol–water partition coefficient (Wildman–Crippen LogP) is 5.65. The van der Waals surface area contributed by atoms with E-state index in [0.717, 1.165) is 16.0 Å². The zero-order valence-electron chi connectivity index (χ0n) is 19.1. The van der Waals surface area contributed by atoms with Gasteiger partial charge in [-0.25, -0.2) is 4.90 Å². The van der Waals surface area contributed by atoms with E-state index in [9.17, 15) is 14.4 Å². The molecule has 178 valence electrons. The Labute approximate surface area is 212 Å². The van der Waals surface area contributed by atoms with Crippen molar-refractivity contribution in [2.45, 2.75) is 13.8 Å². The zero-order chi connectivity index (χ0) is 25.3. The van der Waals surface area contributed by atoms with Crippen molar-refractivity contribution < 1.29 is 19.1 Å². The molecule has 0 fully saturated rings. The lowest BCUT2D eigenvalue weighted by atomic mass is 10.1. The number of nitrogens with one attached hydrogen (secondary N) is 2. The van der Waals surface area contributed by atoms with E-state index in [-0.39, 0.29) is 10.7 Å². The van der Waals surface area contributed by atoms with Crippen LogP contribution in [0.25, 0.3) is 0 Å². The molecule has 3 aromatic rings. The maximum atomic E-state index is 13.1. The lowest BCUT2D eigenvalue weighted by molar-refractivity contribution is -0.120. The zero-order valence-corrected chi connectivity index (χ0v) is 20.6. The van der Waals surface area contributed by atoms with Crippen LogP contribution in [0.3, 0.4) is 0 Å². The largest absolute Gasteiger partial charge is 0.495 e. The van der Waals surface area contributed by atoms with E-state index in [0.29, 0.717) is 33.4 Å². The second-order valence-electron chi connectivity index (χ2n) is 7.91. The van der Waals surface area contributed by atoms with E-state index in [1.807, 2.05) is 19.9 Å². The Kier molecular flexibility index (Phi) is 6.82. The van der Waals surface area contributed by atoms with Gasteiger partial charge in [0.05, 0.1) is 18.5 Å². The molecule has 0 unspecified atom stereocenters. The average Bonchev–Trinajstić information content (AvgIpc) is 3.04. The quantitative estimate of drug-likeness (QED) is 0.419. The van der Waals surface area contributed by atoms with E-state index >= 15 is 0 Å². The van der Waals surface area contributed by atoms with E-state index in [1.54, 1.807) is 54.6 Å². The molecular formula is C26H21Cl2N3O4. The minimum absolute atomic E-state index is 0.0658. The van der Waals surface area contributed by atoms with Gasteiger partial charge in [-0.3, -0.25) is 14.4 Å².